The number of methoxy groups -OCH3 is 1. The van der Waals surface area contributed by atoms with Gasteiger partial charge in [-0.25, -0.2) is 4.79 Å². The first-order valence-corrected chi connectivity index (χ1v) is 11.2. The highest BCUT2D eigenvalue weighted by molar-refractivity contribution is 5.97. The summed E-state index contributed by atoms with van der Waals surface area (Å²) < 4.78 is 17.8. The number of aromatic nitrogens is 1. The number of hydrogen-bond donors (Lipinski definition) is 2. The number of fused-ring (bicyclic) bond motifs is 1. The minimum Gasteiger partial charge on any atom is -0.497 e. The predicted molar refractivity (Wildman–Crippen MR) is 131 cm³/mol. The van der Waals surface area contributed by atoms with E-state index in [1.54, 1.807) is 43.5 Å². The van der Waals surface area contributed by atoms with Gasteiger partial charge >= 0.3 is 18.0 Å². The number of rotatable bonds is 9. The lowest BCUT2D eigenvalue weighted by Gasteiger charge is -2.20. The molecule has 0 saturated carbocycles. The maximum atomic E-state index is 12.7. The molecule has 0 atom stereocenters. The third kappa shape index (κ3) is 6.99. The molecule has 1 amide bonds. The number of ether oxygens (including phenoxy) is 3. The van der Waals surface area contributed by atoms with Gasteiger partial charge in [0.1, 0.15) is 30.3 Å². The van der Waals surface area contributed by atoms with Crippen LogP contribution in [-0.4, -0.2) is 40.4 Å². The third-order valence-electron chi connectivity index (χ3n) is 5.10. The van der Waals surface area contributed by atoms with Crippen LogP contribution in [0.3, 0.4) is 0 Å². The van der Waals surface area contributed by atoms with Crippen molar-refractivity contribution in [3.63, 3.8) is 0 Å². The van der Waals surface area contributed by atoms with Gasteiger partial charge in [-0.3, -0.25) is 14.9 Å². The Morgan fingerprint density at radius 1 is 1.06 bits per heavy atom. The zero-order valence-corrected chi connectivity index (χ0v) is 20.3. The summed E-state index contributed by atoms with van der Waals surface area (Å²) in [4.78, 5) is 36.8. The summed E-state index contributed by atoms with van der Waals surface area (Å²) in [5.41, 5.74) is 1.29. The van der Waals surface area contributed by atoms with E-state index < -0.39 is 23.6 Å². The molecule has 1 aromatic heterocycles. The number of carbonyl (C=O) groups excluding carboxylic acids is 2. The van der Waals surface area contributed by atoms with Gasteiger partial charge in [-0.2, -0.15) is 0 Å². The average molecular weight is 483 g/mol. The van der Waals surface area contributed by atoms with Crippen LogP contribution in [0.5, 0.6) is 5.75 Å². The zero-order chi connectivity index (χ0) is 25.6. The molecule has 0 saturated heterocycles. The molecule has 0 aliphatic carbocycles. The molecule has 2 N–H and O–H groups in total. The van der Waals surface area contributed by atoms with Crippen molar-refractivity contribution in [3.05, 3.63) is 59.7 Å². The van der Waals surface area contributed by atoms with Crippen molar-refractivity contribution in [1.82, 2.24) is 4.57 Å². The monoisotopic (exact) mass is 482 g/mol. The minimum absolute atomic E-state index is 0.0528. The fourth-order valence-electron chi connectivity index (χ4n) is 3.68. The standard InChI is InChI=1S/C26H30N2O7/c1-26(2,3)35-23(31)15-28-21-12-10-18(33-4)14-20(21)19(11-13-22(29)30)24(28)27-25(32)34-16-17-8-6-5-7-9-17/h5-10,12,14H,11,13,15-16H2,1-4H3,(H,27,32)(H,29,30). The van der Waals surface area contributed by atoms with Gasteiger partial charge in [0.05, 0.1) is 12.6 Å². The predicted octanol–water partition coefficient (Wildman–Crippen LogP) is 4.76. The van der Waals surface area contributed by atoms with E-state index in [2.05, 4.69) is 5.32 Å². The van der Waals surface area contributed by atoms with E-state index in [0.717, 1.165) is 5.56 Å². The second-order valence-electron chi connectivity index (χ2n) is 8.96. The fourth-order valence-corrected chi connectivity index (χ4v) is 3.68. The van der Waals surface area contributed by atoms with E-state index >= 15 is 0 Å². The molecule has 0 aliphatic heterocycles. The van der Waals surface area contributed by atoms with Crippen LogP contribution in [0, 0.1) is 0 Å². The second-order valence-corrected chi connectivity index (χ2v) is 8.96. The normalized spacial score (nSPS) is 11.2. The summed E-state index contributed by atoms with van der Waals surface area (Å²) in [5.74, 6) is -0.658. The number of carboxylic acids is 1. The summed E-state index contributed by atoms with van der Waals surface area (Å²) in [6, 6.07) is 14.4. The van der Waals surface area contributed by atoms with E-state index in [9.17, 15) is 19.5 Å². The first-order valence-electron chi connectivity index (χ1n) is 11.2. The highest BCUT2D eigenvalue weighted by Crippen LogP contribution is 2.34. The van der Waals surface area contributed by atoms with Crippen LogP contribution in [0.2, 0.25) is 0 Å². The van der Waals surface area contributed by atoms with Gasteiger partial charge in [-0.1, -0.05) is 30.3 Å². The van der Waals surface area contributed by atoms with Crippen LogP contribution in [0.4, 0.5) is 10.6 Å². The number of nitrogens with zero attached hydrogens (tertiary/aromatic N) is 1. The lowest BCUT2D eigenvalue weighted by atomic mass is 10.1. The molecule has 9 nitrogen and oxygen atoms in total. The van der Waals surface area contributed by atoms with Crippen molar-refractivity contribution in [2.24, 2.45) is 0 Å². The third-order valence-corrected chi connectivity index (χ3v) is 5.10. The van der Waals surface area contributed by atoms with Gasteiger partial charge in [0.25, 0.3) is 0 Å². The first kappa shape index (κ1) is 25.6. The lowest BCUT2D eigenvalue weighted by molar-refractivity contribution is -0.155. The van der Waals surface area contributed by atoms with Crippen LogP contribution >= 0.6 is 0 Å². The number of aryl methyl sites for hydroxylation is 1. The van der Waals surface area contributed by atoms with Crippen molar-refractivity contribution in [2.45, 2.75) is 52.4 Å². The molecule has 0 fully saturated rings. The average Bonchev–Trinajstić information content (AvgIpc) is 3.06. The van der Waals surface area contributed by atoms with Gasteiger partial charge < -0.3 is 23.9 Å². The molecule has 2 aromatic carbocycles. The first-order chi connectivity index (χ1) is 16.6. The summed E-state index contributed by atoms with van der Waals surface area (Å²) in [5, 5.41) is 12.7. The van der Waals surface area contributed by atoms with E-state index in [-0.39, 0.29) is 31.8 Å². The molecule has 35 heavy (non-hydrogen) atoms. The van der Waals surface area contributed by atoms with Crippen LogP contribution in [0.1, 0.15) is 38.3 Å². The second kappa shape index (κ2) is 10.9. The van der Waals surface area contributed by atoms with E-state index in [4.69, 9.17) is 14.2 Å². The van der Waals surface area contributed by atoms with E-state index in [0.29, 0.717) is 22.2 Å². The highest BCUT2D eigenvalue weighted by atomic mass is 16.6. The molecule has 3 aromatic rings. The highest BCUT2D eigenvalue weighted by Gasteiger charge is 2.24. The Morgan fingerprint density at radius 3 is 2.40 bits per heavy atom. The summed E-state index contributed by atoms with van der Waals surface area (Å²) >= 11 is 0. The number of amides is 1. The van der Waals surface area contributed by atoms with Crippen molar-refractivity contribution < 1.29 is 33.7 Å². The minimum atomic E-state index is -0.987. The molecule has 1 heterocycles. The van der Waals surface area contributed by atoms with Gasteiger partial charge in [-0.05, 0) is 51.0 Å². The number of carboxylic acid groups (broad SMARTS) is 1. The maximum absolute atomic E-state index is 12.7. The topological polar surface area (TPSA) is 116 Å². The number of hydrogen-bond acceptors (Lipinski definition) is 6. The van der Waals surface area contributed by atoms with Gasteiger partial charge in [0, 0.05) is 17.4 Å². The van der Waals surface area contributed by atoms with E-state index in [1.807, 2.05) is 30.3 Å². The fraction of sp³-hybridized carbons (Fsp3) is 0.346. The van der Waals surface area contributed by atoms with Crippen molar-refractivity contribution >= 4 is 34.8 Å². The maximum Gasteiger partial charge on any atom is 0.413 e. The van der Waals surface area contributed by atoms with Crippen LogP contribution in [0.15, 0.2) is 48.5 Å². The van der Waals surface area contributed by atoms with Crippen molar-refractivity contribution in [3.8, 4) is 5.75 Å². The number of aliphatic carboxylic acids is 1. The zero-order valence-electron chi connectivity index (χ0n) is 20.3. The summed E-state index contributed by atoms with van der Waals surface area (Å²) in [7, 11) is 1.52. The number of anilines is 1. The Bertz CT molecular complexity index is 1210. The molecule has 0 radical (unpaired) electrons. The molecular formula is C26H30N2O7. The number of esters is 1. The van der Waals surface area contributed by atoms with Gasteiger partial charge in [0.2, 0.25) is 0 Å². The number of carbonyl (C=O) groups is 3. The van der Waals surface area contributed by atoms with Gasteiger partial charge in [0.15, 0.2) is 0 Å². The van der Waals surface area contributed by atoms with Gasteiger partial charge in [-0.15, -0.1) is 0 Å². The molecule has 9 heteroatoms. The largest absolute Gasteiger partial charge is 0.497 e. The van der Waals surface area contributed by atoms with Crippen molar-refractivity contribution in [1.29, 1.82) is 0 Å². The number of nitrogens with one attached hydrogen (secondary N) is 1. The molecule has 0 spiro atoms. The molecule has 186 valence electrons. The van der Waals surface area contributed by atoms with Crippen LogP contribution in [-0.2, 0) is 38.6 Å². The summed E-state index contributed by atoms with van der Waals surface area (Å²) in [6.45, 7) is 5.16. The SMILES string of the molecule is COc1ccc2c(c1)c(CCC(=O)O)c(NC(=O)OCc1ccccc1)n2CC(=O)OC(C)(C)C. The lowest BCUT2D eigenvalue weighted by Crippen LogP contribution is -2.27. The van der Waals surface area contributed by atoms with Crippen molar-refractivity contribution in [2.75, 3.05) is 12.4 Å². The Labute approximate surface area is 203 Å². The molecular weight excluding hydrogens is 452 g/mol. The molecule has 0 unspecified atom stereocenters. The van der Waals surface area contributed by atoms with E-state index in [1.165, 1.54) is 7.11 Å². The van der Waals surface area contributed by atoms with Crippen LogP contribution in [0.25, 0.3) is 10.9 Å². The number of benzene rings is 2. The van der Waals surface area contributed by atoms with Crippen LogP contribution < -0.4 is 10.1 Å². The molecule has 3 rings (SSSR count). The molecule has 0 bridgehead atoms. The Hall–Kier alpha value is -4.01. The summed E-state index contributed by atoms with van der Waals surface area (Å²) in [6.07, 6.45) is -0.781. The Balaban J connectivity index is 2.01. The quantitative estimate of drug-likeness (QED) is 0.423. The smallest absolute Gasteiger partial charge is 0.413 e. The molecule has 0 aliphatic rings. The Kier molecular flexibility index (Phi) is 8.01. The Morgan fingerprint density at radius 2 is 1.77 bits per heavy atom.